The molecule has 3 fully saturated rings. The van der Waals surface area contributed by atoms with Crippen molar-refractivity contribution in [3.05, 3.63) is 23.4 Å². The van der Waals surface area contributed by atoms with Gasteiger partial charge in [-0.25, -0.2) is 4.98 Å². The molecular weight excluding hydrogens is 385 g/mol. The number of amides is 1. The van der Waals surface area contributed by atoms with Crippen LogP contribution in [0.1, 0.15) is 36.9 Å². The van der Waals surface area contributed by atoms with Gasteiger partial charge in [0.05, 0.1) is 23.6 Å². The molecular formula is C19H19F3N6O. The van der Waals surface area contributed by atoms with Crippen LogP contribution >= 0.6 is 0 Å². The van der Waals surface area contributed by atoms with E-state index in [4.69, 9.17) is 5.26 Å². The summed E-state index contributed by atoms with van der Waals surface area (Å²) in [6.07, 6.45) is 0.716. The number of nitriles is 2. The van der Waals surface area contributed by atoms with Crippen LogP contribution in [-0.2, 0) is 11.0 Å². The van der Waals surface area contributed by atoms with Crippen LogP contribution in [0.2, 0.25) is 0 Å². The number of nitrogens with zero attached hydrogens (tertiary/aromatic N) is 5. The summed E-state index contributed by atoms with van der Waals surface area (Å²) >= 11 is 0. The summed E-state index contributed by atoms with van der Waals surface area (Å²) in [6.45, 7) is 0.631. The van der Waals surface area contributed by atoms with Gasteiger partial charge in [0.15, 0.2) is 6.19 Å². The molecule has 3 aliphatic rings. The lowest BCUT2D eigenvalue weighted by Gasteiger charge is -2.24. The molecule has 1 unspecified atom stereocenters. The Kier molecular flexibility index (Phi) is 4.73. The maximum absolute atomic E-state index is 13.1. The minimum absolute atomic E-state index is 0.0368. The van der Waals surface area contributed by atoms with E-state index in [0.717, 1.165) is 31.4 Å². The molecule has 0 spiro atoms. The Morgan fingerprint density at radius 3 is 2.69 bits per heavy atom. The van der Waals surface area contributed by atoms with Crippen molar-refractivity contribution >= 4 is 11.7 Å². The minimum atomic E-state index is -4.58. The van der Waals surface area contributed by atoms with Crippen molar-refractivity contribution in [3.63, 3.8) is 0 Å². The first-order valence-corrected chi connectivity index (χ1v) is 9.53. The average Bonchev–Trinajstić information content (AvgIpc) is 3.41. The summed E-state index contributed by atoms with van der Waals surface area (Å²) in [5.74, 6) is -0.454. The first-order chi connectivity index (χ1) is 13.8. The maximum Gasteiger partial charge on any atom is 0.416 e. The van der Waals surface area contributed by atoms with Crippen molar-refractivity contribution in [2.75, 3.05) is 18.0 Å². The predicted molar refractivity (Wildman–Crippen MR) is 95.1 cm³/mol. The smallest absolute Gasteiger partial charge is 0.356 e. The van der Waals surface area contributed by atoms with Crippen molar-refractivity contribution in [2.45, 2.75) is 50.0 Å². The van der Waals surface area contributed by atoms with Crippen LogP contribution in [0.4, 0.5) is 19.0 Å². The van der Waals surface area contributed by atoms with Crippen LogP contribution in [0, 0.1) is 28.7 Å². The van der Waals surface area contributed by atoms with E-state index in [9.17, 15) is 23.2 Å². The molecule has 3 saturated heterocycles. The summed E-state index contributed by atoms with van der Waals surface area (Å²) in [6, 6.07) is 3.47. The number of halogens is 3. The van der Waals surface area contributed by atoms with E-state index in [2.05, 4.69) is 16.5 Å². The number of fused-ring (bicyclic) bond motifs is 2. The van der Waals surface area contributed by atoms with Gasteiger partial charge in [0.25, 0.3) is 0 Å². The number of nitrogens with one attached hydrogen (secondary N) is 1. The highest BCUT2D eigenvalue weighted by Crippen LogP contribution is 2.37. The van der Waals surface area contributed by atoms with E-state index in [1.54, 1.807) is 15.9 Å². The van der Waals surface area contributed by atoms with Gasteiger partial charge in [-0.05, 0) is 37.8 Å². The van der Waals surface area contributed by atoms with Gasteiger partial charge in [-0.2, -0.15) is 23.7 Å². The Hall–Kier alpha value is -3.01. The fourth-order valence-electron chi connectivity index (χ4n) is 4.68. The number of aromatic nitrogens is 1. The van der Waals surface area contributed by atoms with Gasteiger partial charge < -0.3 is 15.1 Å². The third-order valence-electron chi connectivity index (χ3n) is 6.12. The summed E-state index contributed by atoms with van der Waals surface area (Å²) in [5.41, 5.74) is -1.23. The van der Waals surface area contributed by atoms with Gasteiger partial charge in [0, 0.05) is 19.1 Å². The normalized spacial score (nSPS) is 28.3. The van der Waals surface area contributed by atoms with Gasteiger partial charge in [0.1, 0.15) is 17.6 Å². The number of carbonyl (C=O) groups is 1. The van der Waals surface area contributed by atoms with Gasteiger partial charge in [-0.15, -0.1) is 0 Å². The summed E-state index contributed by atoms with van der Waals surface area (Å²) < 4.78 is 39.3. The predicted octanol–water partition coefficient (Wildman–Crippen LogP) is 2.00. The topological polar surface area (TPSA) is 96.0 Å². The molecule has 3 aliphatic heterocycles. The summed E-state index contributed by atoms with van der Waals surface area (Å²) in [4.78, 5) is 20.1. The molecule has 1 amide bonds. The molecule has 0 radical (unpaired) electrons. The van der Waals surface area contributed by atoms with Gasteiger partial charge in [-0.3, -0.25) is 4.79 Å². The molecule has 1 N–H and O–H groups in total. The highest BCUT2D eigenvalue weighted by molar-refractivity contribution is 5.80. The molecule has 4 rings (SSSR count). The molecule has 0 aromatic carbocycles. The van der Waals surface area contributed by atoms with Gasteiger partial charge in [0.2, 0.25) is 5.91 Å². The quantitative estimate of drug-likeness (QED) is 0.775. The molecule has 0 saturated carbocycles. The van der Waals surface area contributed by atoms with Crippen molar-refractivity contribution in [2.24, 2.45) is 5.92 Å². The minimum Gasteiger partial charge on any atom is -0.356 e. The highest BCUT2D eigenvalue weighted by Gasteiger charge is 2.47. The zero-order chi connectivity index (χ0) is 20.8. The number of anilines is 1. The van der Waals surface area contributed by atoms with Crippen LogP contribution in [0.15, 0.2) is 12.1 Å². The molecule has 152 valence electrons. The van der Waals surface area contributed by atoms with Crippen molar-refractivity contribution in [1.82, 2.24) is 15.2 Å². The van der Waals surface area contributed by atoms with Crippen LogP contribution in [0.25, 0.3) is 0 Å². The first kappa shape index (κ1) is 19.3. The lowest BCUT2D eigenvalue weighted by Crippen LogP contribution is -2.46. The average molecular weight is 404 g/mol. The first-order valence-electron chi connectivity index (χ1n) is 9.53. The van der Waals surface area contributed by atoms with Crippen molar-refractivity contribution < 1.29 is 18.0 Å². The molecule has 1 aromatic rings. The van der Waals surface area contributed by atoms with Gasteiger partial charge >= 0.3 is 6.18 Å². The third-order valence-corrected chi connectivity index (χ3v) is 6.12. The fourth-order valence-corrected chi connectivity index (χ4v) is 4.68. The number of alkyl halides is 3. The third kappa shape index (κ3) is 3.55. The van der Waals surface area contributed by atoms with Gasteiger partial charge in [-0.1, -0.05) is 0 Å². The summed E-state index contributed by atoms with van der Waals surface area (Å²) in [5, 5.41) is 21.3. The van der Waals surface area contributed by atoms with Crippen LogP contribution in [0.3, 0.4) is 0 Å². The largest absolute Gasteiger partial charge is 0.416 e. The molecule has 4 atom stereocenters. The number of rotatable bonds is 3. The SMILES string of the molecule is N#Cc1cc(C(F)(F)F)cc(N2CCC(C(=O)N[C@@H]3C[C@@H]4CC[C@H]3N4C#N)C2)n1. The Bertz CT molecular complexity index is 905. The molecule has 4 heterocycles. The van der Waals surface area contributed by atoms with Crippen LogP contribution in [0.5, 0.6) is 0 Å². The molecule has 29 heavy (non-hydrogen) atoms. The zero-order valence-electron chi connectivity index (χ0n) is 15.5. The van der Waals surface area contributed by atoms with E-state index >= 15 is 0 Å². The zero-order valence-corrected chi connectivity index (χ0v) is 15.5. The monoisotopic (exact) mass is 404 g/mol. The second-order valence-electron chi connectivity index (χ2n) is 7.80. The molecule has 10 heteroatoms. The van der Waals surface area contributed by atoms with E-state index in [0.29, 0.717) is 13.0 Å². The number of carbonyl (C=O) groups excluding carboxylic acids is 1. The maximum atomic E-state index is 13.1. The second kappa shape index (κ2) is 7.11. The van der Waals surface area contributed by atoms with Crippen molar-refractivity contribution in [1.29, 1.82) is 10.5 Å². The van der Waals surface area contributed by atoms with Crippen molar-refractivity contribution in [3.8, 4) is 12.3 Å². The molecule has 7 nitrogen and oxygen atoms in total. The van der Waals surface area contributed by atoms with E-state index in [-0.39, 0.29) is 48.0 Å². The Morgan fingerprint density at radius 2 is 2.03 bits per heavy atom. The van der Waals surface area contributed by atoms with Crippen LogP contribution < -0.4 is 10.2 Å². The fraction of sp³-hybridized carbons (Fsp3) is 0.579. The Morgan fingerprint density at radius 1 is 1.24 bits per heavy atom. The number of hydrogen-bond acceptors (Lipinski definition) is 6. The lowest BCUT2D eigenvalue weighted by molar-refractivity contribution is -0.137. The molecule has 1 aromatic heterocycles. The van der Waals surface area contributed by atoms with Crippen LogP contribution in [-0.4, -0.2) is 47.0 Å². The van der Waals surface area contributed by atoms with E-state index in [1.807, 2.05) is 0 Å². The second-order valence-corrected chi connectivity index (χ2v) is 7.80. The number of hydrogen-bond donors (Lipinski definition) is 1. The Labute approximate surface area is 165 Å². The lowest BCUT2D eigenvalue weighted by atomic mass is 9.95. The molecule has 0 aliphatic carbocycles. The molecule has 2 bridgehead atoms. The Balaban J connectivity index is 1.43. The summed E-state index contributed by atoms with van der Waals surface area (Å²) in [7, 11) is 0. The number of pyridine rings is 1. The van der Waals surface area contributed by atoms with E-state index < -0.39 is 11.7 Å². The highest BCUT2D eigenvalue weighted by atomic mass is 19.4. The standard InChI is InChI=1S/C19H19F3N6O/c20-19(21,22)12-5-13(8-23)25-17(6-12)27-4-3-11(9-27)18(29)26-15-7-14-1-2-16(15)28(14)10-24/h5-6,11,14-16H,1-4,7,9H2,(H,26,29)/t11?,14-,15+,16+/m0/s1. The van der Waals surface area contributed by atoms with E-state index in [1.165, 1.54) is 0 Å².